The topological polar surface area (TPSA) is 64.4 Å². The van der Waals surface area contributed by atoms with Crippen LogP contribution >= 0.6 is 11.3 Å². The maximum absolute atomic E-state index is 13.2. The number of esters is 1. The van der Waals surface area contributed by atoms with Crippen LogP contribution in [0.15, 0.2) is 36.4 Å². The largest absolute Gasteiger partial charge is 0.467 e. The molecule has 4 rings (SSSR count). The molecule has 0 spiro atoms. The number of likely N-dealkylation sites (tertiary alicyclic amines) is 1. The average molecular weight is 383 g/mol. The number of aromatic nitrogens is 2. The third kappa shape index (κ3) is 3.12. The second-order valence-corrected chi connectivity index (χ2v) is 7.73. The van der Waals surface area contributed by atoms with Gasteiger partial charge >= 0.3 is 5.97 Å². The van der Waals surface area contributed by atoms with E-state index in [4.69, 9.17) is 4.74 Å². The van der Waals surface area contributed by atoms with Crippen molar-refractivity contribution in [1.82, 2.24) is 14.7 Å². The van der Waals surface area contributed by atoms with Gasteiger partial charge in [-0.3, -0.25) is 4.79 Å². The predicted octanol–water partition coefficient (Wildman–Crippen LogP) is 3.56. The summed E-state index contributed by atoms with van der Waals surface area (Å²) in [6.45, 7) is 2.53. The Morgan fingerprint density at radius 2 is 2.00 bits per heavy atom. The van der Waals surface area contributed by atoms with Crippen molar-refractivity contribution in [1.29, 1.82) is 0 Å². The van der Waals surface area contributed by atoms with E-state index in [1.165, 1.54) is 18.4 Å². The molecule has 0 saturated carbocycles. The molecule has 1 aliphatic heterocycles. The van der Waals surface area contributed by atoms with Crippen LogP contribution < -0.4 is 0 Å². The molecule has 1 aliphatic rings. The molecular formula is C20H21N3O3S. The summed E-state index contributed by atoms with van der Waals surface area (Å²) in [6, 6.07) is 11.3. The Morgan fingerprint density at radius 1 is 1.22 bits per heavy atom. The molecule has 6 nitrogen and oxygen atoms in total. The minimum Gasteiger partial charge on any atom is -0.467 e. The molecule has 3 heterocycles. The normalized spacial score (nSPS) is 17.3. The van der Waals surface area contributed by atoms with Gasteiger partial charge in [-0.15, -0.1) is 11.3 Å². The van der Waals surface area contributed by atoms with E-state index in [2.05, 4.69) is 5.10 Å². The van der Waals surface area contributed by atoms with Gasteiger partial charge in [0.25, 0.3) is 5.91 Å². The molecule has 1 atom stereocenters. The van der Waals surface area contributed by atoms with Crippen molar-refractivity contribution in [3.05, 3.63) is 47.0 Å². The second kappa shape index (κ2) is 7.15. The average Bonchev–Trinajstić information content (AvgIpc) is 3.28. The van der Waals surface area contributed by atoms with E-state index < -0.39 is 6.04 Å². The monoisotopic (exact) mass is 383 g/mol. The van der Waals surface area contributed by atoms with Gasteiger partial charge in [0.2, 0.25) is 0 Å². The number of benzene rings is 1. The number of nitrogens with zero attached hydrogens (tertiary/aromatic N) is 3. The van der Waals surface area contributed by atoms with Gasteiger partial charge in [-0.05, 0) is 44.4 Å². The number of methoxy groups -OCH3 is 1. The van der Waals surface area contributed by atoms with Crippen LogP contribution in [0.25, 0.3) is 15.9 Å². The number of hydrogen-bond donors (Lipinski definition) is 0. The number of aryl methyl sites for hydroxylation is 1. The number of rotatable bonds is 3. The maximum atomic E-state index is 13.2. The number of thiophene rings is 1. The maximum Gasteiger partial charge on any atom is 0.328 e. The number of fused-ring (bicyclic) bond motifs is 1. The number of carbonyl (C=O) groups excluding carboxylic acids is 2. The van der Waals surface area contributed by atoms with Crippen molar-refractivity contribution >= 4 is 33.4 Å². The fourth-order valence-corrected chi connectivity index (χ4v) is 4.73. The van der Waals surface area contributed by atoms with Crippen molar-refractivity contribution < 1.29 is 14.3 Å². The lowest BCUT2D eigenvalue weighted by molar-refractivity contribution is -0.147. The van der Waals surface area contributed by atoms with Gasteiger partial charge in [0.15, 0.2) is 0 Å². The fourth-order valence-electron chi connectivity index (χ4n) is 3.59. The first-order valence-corrected chi connectivity index (χ1v) is 9.85. The van der Waals surface area contributed by atoms with E-state index in [1.807, 2.05) is 48.0 Å². The molecule has 0 bridgehead atoms. The Hall–Kier alpha value is -2.67. The molecule has 1 aromatic carbocycles. The Kier molecular flexibility index (Phi) is 4.70. The van der Waals surface area contributed by atoms with Gasteiger partial charge in [0.05, 0.1) is 23.4 Å². The van der Waals surface area contributed by atoms with E-state index in [9.17, 15) is 9.59 Å². The molecule has 1 saturated heterocycles. The van der Waals surface area contributed by atoms with E-state index in [0.29, 0.717) is 17.8 Å². The molecule has 3 aromatic rings. The standard InChI is InChI=1S/C20H21N3O3S/c1-13-15-12-17(18(24)22-11-7-6-10-16(22)20(25)26-2)27-19(15)23(21-13)14-8-4-3-5-9-14/h3-5,8-9,12,16H,6-7,10-11H2,1-2H3. The van der Waals surface area contributed by atoms with Crippen LogP contribution in [0.5, 0.6) is 0 Å². The summed E-state index contributed by atoms with van der Waals surface area (Å²) in [6.07, 6.45) is 2.49. The molecule has 0 radical (unpaired) electrons. The quantitative estimate of drug-likeness (QED) is 0.649. The summed E-state index contributed by atoms with van der Waals surface area (Å²) in [5.74, 6) is -0.443. The molecule has 27 heavy (non-hydrogen) atoms. The first-order chi connectivity index (χ1) is 13.1. The van der Waals surface area contributed by atoms with Gasteiger partial charge in [0.1, 0.15) is 10.9 Å². The van der Waals surface area contributed by atoms with Crippen LogP contribution in [0, 0.1) is 6.92 Å². The second-order valence-electron chi connectivity index (χ2n) is 6.70. The third-order valence-electron chi connectivity index (χ3n) is 4.99. The Labute approximate surface area is 161 Å². The molecule has 140 valence electrons. The zero-order valence-electron chi connectivity index (χ0n) is 15.3. The van der Waals surface area contributed by atoms with E-state index in [-0.39, 0.29) is 11.9 Å². The molecule has 7 heteroatoms. The van der Waals surface area contributed by atoms with Crippen LogP contribution in [0.1, 0.15) is 34.6 Å². The Balaban J connectivity index is 1.72. The van der Waals surface area contributed by atoms with Gasteiger partial charge in [-0.1, -0.05) is 18.2 Å². The lowest BCUT2D eigenvalue weighted by Gasteiger charge is -2.33. The summed E-state index contributed by atoms with van der Waals surface area (Å²) < 4.78 is 6.78. The van der Waals surface area contributed by atoms with Crippen molar-refractivity contribution in [2.24, 2.45) is 0 Å². The van der Waals surface area contributed by atoms with Crippen LogP contribution in [0.2, 0.25) is 0 Å². The van der Waals surface area contributed by atoms with E-state index >= 15 is 0 Å². The Bertz CT molecular complexity index is 993. The first kappa shape index (κ1) is 17.7. The van der Waals surface area contributed by atoms with Crippen LogP contribution in [0.3, 0.4) is 0 Å². The third-order valence-corrected chi connectivity index (χ3v) is 6.09. The SMILES string of the molecule is COC(=O)C1CCCCN1C(=O)c1cc2c(C)nn(-c3ccccc3)c2s1. The Morgan fingerprint density at radius 3 is 2.74 bits per heavy atom. The number of amides is 1. The zero-order chi connectivity index (χ0) is 19.0. The number of hydrogen-bond acceptors (Lipinski definition) is 5. The fraction of sp³-hybridized carbons (Fsp3) is 0.350. The van der Waals surface area contributed by atoms with Gasteiger partial charge in [0, 0.05) is 11.9 Å². The summed E-state index contributed by atoms with van der Waals surface area (Å²) in [5.41, 5.74) is 1.84. The lowest BCUT2D eigenvalue weighted by atomic mass is 10.0. The van der Waals surface area contributed by atoms with Crippen molar-refractivity contribution in [2.75, 3.05) is 13.7 Å². The van der Waals surface area contributed by atoms with Gasteiger partial charge in [-0.25, -0.2) is 9.48 Å². The molecule has 1 amide bonds. The number of ether oxygens (including phenoxy) is 1. The van der Waals surface area contributed by atoms with Crippen LogP contribution in [-0.4, -0.2) is 46.3 Å². The summed E-state index contributed by atoms with van der Waals surface area (Å²) in [5, 5.41) is 5.59. The highest BCUT2D eigenvalue weighted by Gasteiger charge is 2.34. The minimum atomic E-state index is -0.492. The number of carbonyl (C=O) groups is 2. The predicted molar refractivity (Wildman–Crippen MR) is 104 cm³/mol. The summed E-state index contributed by atoms with van der Waals surface area (Å²) in [4.78, 5) is 28.5. The van der Waals surface area contributed by atoms with Crippen LogP contribution in [0.4, 0.5) is 0 Å². The lowest BCUT2D eigenvalue weighted by Crippen LogP contribution is -2.48. The number of para-hydroxylation sites is 1. The van der Waals surface area contributed by atoms with Gasteiger partial charge in [-0.2, -0.15) is 5.10 Å². The molecular weight excluding hydrogens is 362 g/mol. The molecule has 0 N–H and O–H groups in total. The van der Waals surface area contributed by atoms with Crippen LogP contribution in [-0.2, 0) is 9.53 Å². The van der Waals surface area contributed by atoms with E-state index in [0.717, 1.165) is 34.4 Å². The highest BCUT2D eigenvalue weighted by Crippen LogP contribution is 2.32. The smallest absolute Gasteiger partial charge is 0.328 e. The van der Waals surface area contributed by atoms with Gasteiger partial charge < -0.3 is 9.64 Å². The molecule has 1 unspecified atom stereocenters. The van der Waals surface area contributed by atoms with Crippen molar-refractivity contribution in [3.63, 3.8) is 0 Å². The summed E-state index contributed by atoms with van der Waals surface area (Å²) >= 11 is 1.42. The highest BCUT2D eigenvalue weighted by atomic mass is 32.1. The number of piperidine rings is 1. The zero-order valence-corrected chi connectivity index (χ0v) is 16.2. The summed E-state index contributed by atoms with van der Waals surface area (Å²) in [7, 11) is 1.37. The molecule has 1 fully saturated rings. The molecule has 0 aliphatic carbocycles. The molecule has 2 aromatic heterocycles. The highest BCUT2D eigenvalue weighted by molar-refractivity contribution is 7.20. The van der Waals surface area contributed by atoms with Crippen molar-refractivity contribution in [3.8, 4) is 5.69 Å². The van der Waals surface area contributed by atoms with E-state index in [1.54, 1.807) is 4.90 Å². The van der Waals surface area contributed by atoms with Crippen molar-refractivity contribution in [2.45, 2.75) is 32.2 Å². The minimum absolute atomic E-state index is 0.106. The first-order valence-electron chi connectivity index (χ1n) is 9.03.